The predicted molar refractivity (Wildman–Crippen MR) is 128 cm³/mol. The molecule has 9 heteroatoms. The second kappa shape index (κ2) is 8.44. The molecule has 1 atom stereocenters. The number of nitrogens with zero attached hydrogens (tertiary/aromatic N) is 3. The molecule has 2 aromatic carbocycles. The number of aromatic hydroxyl groups is 1. The molecule has 1 aliphatic heterocycles. The van der Waals surface area contributed by atoms with Crippen molar-refractivity contribution in [3.63, 3.8) is 0 Å². The molecule has 1 aliphatic rings. The van der Waals surface area contributed by atoms with Crippen LogP contribution in [0.15, 0.2) is 77.3 Å². The number of carbonyl (C=O) groups excluding carboxylic acids is 1. The first kappa shape index (κ1) is 20.8. The second-order valence-corrected chi connectivity index (χ2v) is 8.47. The molecule has 0 aliphatic carbocycles. The maximum absolute atomic E-state index is 13.5. The molecule has 1 unspecified atom stereocenters. The number of fused-ring (bicyclic) bond motifs is 1. The monoisotopic (exact) mass is 459 g/mol. The summed E-state index contributed by atoms with van der Waals surface area (Å²) in [6.45, 7) is 1.86. The third-order valence-corrected chi connectivity index (χ3v) is 6.32. The normalized spacial score (nSPS) is 15.0. The zero-order valence-corrected chi connectivity index (χ0v) is 18.8. The van der Waals surface area contributed by atoms with E-state index in [1.807, 2.05) is 36.6 Å². The highest BCUT2D eigenvalue weighted by Gasteiger charge is 2.35. The van der Waals surface area contributed by atoms with E-state index in [0.717, 1.165) is 10.4 Å². The molecule has 1 amide bonds. The third-order valence-electron chi connectivity index (χ3n) is 5.39. The molecular formula is C24H21N5O3S. The van der Waals surface area contributed by atoms with Crippen molar-refractivity contribution in [1.29, 1.82) is 0 Å². The van der Waals surface area contributed by atoms with Gasteiger partial charge in [0.1, 0.15) is 17.5 Å². The molecule has 0 saturated carbocycles. The van der Waals surface area contributed by atoms with E-state index in [1.165, 1.54) is 0 Å². The van der Waals surface area contributed by atoms with Crippen LogP contribution in [0.3, 0.4) is 0 Å². The van der Waals surface area contributed by atoms with Crippen LogP contribution < -0.4 is 15.4 Å². The van der Waals surface area contributed by atoms with Crippen molar-refractivity contribution in [2.24, 2.45) is 0 Å². The summed E-state index contributed by atoms with van der Waals surface area (Å²) in [6.07, 6.45) is 0. The number of thiophene rings is 1. The van der Waals surface area contributed by atoms with E-state index in [9.17, 15) is 9.90 Å². The summed E-state index contributed by atoms with van der Waals surface area (Å²) >= 11 is 1.55. The number of allylic oxidation sites excluding steroid dienone is 1. The van der Waals surface area contributed by atoms with Gasteiger partial charge in [-0.1, -0.05) is 18.2 Å². The number of nitrogens with one attached hydrogen (secondary N) is 2. The maximum atomic E-state index is 13.5. The quantitative estimate of drug-likeness (QED) is 0.402. The SMILES string of the molecule is COc1ccccc1NC(=O)C1=C(C)Nc2nc(-c3ccc(O)cc3)nn2C1c1cccs1. The van der Waals surface area contributed by atoms with Crippen molar-refractivity contribution < 1.29 is 14.6 Å². The van der Waals surface area contributed by atoms with Crippen LogP contribution in [0.2, 0.25) is 0 Å². The number of anilines is 2. The van der Waals surface area contributed by atoms with Gasteiger partial charge in [0.05, 0.1) is 18.4 Å². The smallest absolute Gasteiger partial charge is 0.256 e. The number of benzene rings is 2. The molecule has 0 bridgehead atoms. The van der Waals surface area contributed by atoms with Gasteiger partial charge in [-0.15, -0.1) is 16.4 Å². The number of aromatic nitrogens is 3. The van der Waals surface area contributed by atoms with E-state index < -0.39 is 6.04 Å². The van der Waals surface area contributed by atoms with Crippen LogP contribution in [0.5, 0.6) is 11.5 Å². The Hall–Kier alpha value is -4.11. The Balaban J connectivity index is 1.56. The largest absolute Gasteiger partial charge is 0.508 e. The first-order valence-electron chi connectivity index (χ1n) is 10.3. The molecule has 2 aromatic heterocycles. The van der Waals surface area contributed by atoms with Crippen LogP contribution in [0, 0.1) is 0 Å². The van der Waals surface area contributed by atoms with Crippen molar-refractivity contribution >= 4 is 28.9 Å². The summed E-state index contributed by atoms with van der Waals surface area (Å²) in [5.41, 5.74) is 2.58. The molecule has 0 radical (unpaired) electrons. The third kappa shape index (κ3) is 3.83. The number of para-hydroxylation sites is 2. The van der Waals surface area contributed by atoms with Gasteiger partial charge in [-0.25, -0.2) is 4.68 Å². The number of ether oxygens (including phenoxy) is 1. The van der Waals surface area contributed by atoms with Crippen molar-refractivity contribution in [2.45, 2.75) is 13.0 Å². The van der Waals surface area contributed by atoms with E-state index in [0.29, 0.717) is 34.5 Å². The standard InChI is InChI=1S/C24H21N5O3S/c1-14-20(23(31)26-17-6-3-4-7-18(17)32-2)21(19-8-5-13-33-19)29-24(25-14)27-22(28-29)15-9-11-16(30)12-10-15/h3-13,21,30H,1-2H3,(H,26,31)(H,25,27,28). The molecular weight excluding hydrogens is 438 g/mol. The number of rotatable bonds is 5. The van der Waals surface area contributed by atoms with E-state index in [2.05, 4.69) is 15.6 Å². The molecule has 0 fully saturated rings. The summed E-state index contributed by atoms with van der Waals surface area (Å²) in [5.74, 6) is 1.54. The number of phenolic OH excluding ortho intramolecular Hbond substituents is 1. The fourth-order valence-electron chi connectivity index (χ4n) is 3.83. The molecule has 4 aromatic rings. The molecule has 33 heavy (non-hydrogen) atoms. The van der Waals surface area contributed by atoms with Crippen molar-refractivity contribution in [3.05, 3.63) is 82.2 Å². The van der Waals surface area contributed by atoms with Crippen LogP contribution in [-0.2, 0) is 4.79 Å². The molecule has 0 saturated heterocycles. The van der Waals surface area contributed by atoms with Crippen LogP contribution in [0.4, 0.5) is 11.6 Å². The summed E-state index contributed by atoms with van der Waals surface area (Å²) in [5, 5.41) is 22.5. The van der Waals surface area contributed by atoms with E-state index in [-0.39, 0.29) is 11.7 Å². The molecule has 5 rings (SSSR count). The van der Waals surface area contributed by atoms with Gasteiger partial charge in [0.2, 0.25) is 5.95 Å². The van der Waals surface area contributed by atoms with Crippen LogP contribution in [0.1, 0.15) is 17.8 Å². The van der Waals surface area contributed by atoms with E-state index >= 15 is 0 Å². The highest BCUT2D eigenvalue weighted by atomic mass is 32.1. The lowest BCUT2D eigenvalue weighted by Gasteiger charge is -2.27. The molecule has 166 valence electrons. The van der Waals surface area contributed by atoms with Gasteiger partial charge >= 0.3 is 0 Å². The number of carbonyl (C=O) groups is 1. The summed E-state index contributed by atoms with van der Waals surface area (Å²) < 4.78 is 7.12. The molecule has 3 N–H and O–H groups in total. The zero-order valence-electron chi connectivity index (χ0n) is 17.9. The minimum absolute atomic E-state index is 0.171. The average molecular weight is 460 g/mol. The van der Waals surface area contributed by atoms with Gasteiger partial charge in [-0.05, 0) is 54.8 Å². The van der Waals surface area contributed by atoms with Crippen molar-refractivity contribution in [3.8, 4) is 22.9 Å². The molecule has 0 spiro atoms. The minimum Gasteiger partial charge on any atom is -0.508 e. The fraction of sp³-hybridized carbons (Fsp3) is 0.125. The first-order chi connectivity index (χ1) is 16.0. The number of amides is 1. The van der Waals surface area contributed by atoms with Crippen LogP contribution in [0.25, 0.3) is 11.4 Å². The summed E-state index contributed by atoms with van der Waals surface area (Å²) in [7, 11) is 1.57. The van der Waals surface area contributed by atoms with Gasteiger partial charge in [0, 0.05) is 16.1 Å². The van der Waals surface area contributed by atoms with Gasteiger partial charge in [0.25, 0.3) is 5.91 Å². The van der Waals surface area contributed by atoms with Gasteiger partial charge in [-0.2, -0.15) is 4.98 Å². The minimum atomic E-state index is -0.450. The predicted octanol–water partition coefficient (Wildman–Crippen LogP) is 4.65. The van der Waals surface area contributed by atoms with E-state index in [4.69, 9.17) is 9.84 Å². The number of hydrogen-bond donors (Lipinski definition) is 3. The lowest BCUT2D eigenvalue weighted by molar-refractivity contribution is -0.113. The van der Waals surface area contributed by atoms with Gasteiger partial charge < -0.3 is 20.5 Å². The highest BCUT2D eigenvalue weighted by molar-refractivity contribution is 7.10. The lowest BCUT2D eigenvalue weighted by Crippen LogP contribution is -2.31. The topological polar surface area (TPSA) is 101 Å². The molecule has 8 nitrogen and oxygen atoms in total. The van der Waals surface area contributed by atoms with Gasteiger partial charge in [-0.3, -0.25) is 4.79 Å². The Kier molecular flexibility index (Phi) is 5.31. The Morgan fingerprint density at radius 3 is 2.67 bits per heavy atom. The Morgan fingerprint density at radius 2 is 1.94 bits per heavy atom. The Labute approximate surface area is 194 Å². The average Bonchev–Trinajstić information content (AvgIpc) is 3.49. The van der Waals surface area contributed by atoms with Crippen molar-refractivity contribution in [2.75, 3.05) is 17.7 Å². The van der Waals surface area contributed by atoms with E-state index in [1.54, 1.807) is 59.5 Å². The van der Waals surface area contributed by atoms with Crippen molar-refractivity contribution in [1.82, 2.24) is 14.8 Å². The summed E-state index contributed by atoms with van der Waals surface area (Å²) in [6, 6.07) is 17.5. The Bertz CT molecular complexity index is 1340. The lowest BCUT2D eigenvalue weighted by atomic mass is 10.0. The maximum Gasteiger partial charge on any atom is 0.256 e. The van der Waals surface area contributed by atoms with Crippen LogP contribution >= 0.6 is 11.3 Å². The van der Waals surface area contributed by atoms with Crippen LogP contribution in [-0.4, -0.2) is 32.9 Å². The Morgan fingerprint density at radius 1 is 1.15 bits per heavy atom. The highest BCUT2D eigenvalue weighted by Crippen LogP contribution is 2.39. The first-order valence-corrected chi connectivity index (χ1v) is 11.1. The molecule has 3 heterocycles. The number of phenols is 1. The summed E-state index contributed by atoms with van der Waals surface area (Å²) in [4.78, 5) is 19.1. The number of hydrogen-bond acceptors (Lipinski definition) is 7. The number of methoxy groups -OCH3 is 1. The van der Waals surface area contributed by atoms with Gasteiger partial charge in [0.15, 0.2) is 5.82 Å². The fourth-order valence-corrected chi connectivity index (χ4v) is 4.64. The zero-order chi connectivity index (χ0) is 22.9. The second-order valence-electron chi connectivity index (χ2n) is 7.49.